The Labute approximate surface area is 207 Å². The van der Waals surface area contributed by atoms with Gasteiger partial charge in [-0.25, -0.2) is 9.59 Å². The fourth-order valence-corrected chi connectivity index (χ4v) is 4.41. The standard InChI is InChI=1S/C25H34N2O2.C2H2O4/c1-3-10-24(28)27(23-13-8-5-9-14-23)25(21-29-2)16-19-26(20-17-25)18-15-22-11-6-4-7-12-22;3-1(4)2(5)6/h4-9,11-14H,3,10,15-21H2,1-2H3;(H,3,4)(H,5,6). The van der Waals surface area contributed by atoms with Gasteiger partial charge in [-0.1, -0.05) is 55.5 Å². The summed E-state index contributed by atoms with van der Waals surface area (Å²) in [5.74, 6) is -3.45. The molecule has 2 aromatic carbocycles. The maximum Gasteiger partial charge on any atom is 0.414 e. The molecule has 190 valence electrons. The van der Waals surface area contributed by atoms with Crippen molar-refractivity contribution >= 4 is 23.5 Å². The predicted octanol–water partition coefficient (Wildman–Crippen LogP) is 3.70. The van der Waals surface area contributed by atoms with Crippen molar-refractivity contribution in [3.8, 4) is 0 Å². The van der Waals surface area contributed by atoms with Gasteiger partial charge in [-0.15, -0.1) is 0 Å². The summed E-state index contributed by atoms with van der Waals surface area (Å²) < 4.78 is 5.67. The summed E-state index contributed by atoms with van der Waals surface area (Å²) >= 11 is 0. The number of para-hydroxylation sites is 1. The van der Waals surface area contributed by atoms with Gasteiger partial charge in [0.2, 0.25) is 5.91 Å². The first-order valence-corrected chi connectivity index (χ1v) is 11.9. The normalized spacial score (nSPS) is 14.9. The van der Waals surface area contributed by atoms with Crippen LogP contribution in [0.3, 0.4) is 0 Å². The van der Waals surface area contributed by atoms with E-state index in [0.29, 0.717) is 13.0 Å². The Balaban J connectivity index is 0.000000641. The van der Waals surface area contributed by atoms with E-state index in [1.54, 1.807) is 7.11 Å². The lowest BCUT2D eigenvalue weighted by molar-refractivity contribution is -0.159. The van der Waals surface area contributed by atoms with E-state index >= 15 is 0 Å². The van der Waals surface area contributed by atoms with Gasteiger partial charge in [-0.05, 0) is 43.4 Å². The Morgan fingerprint density at radius 1 is 0.943 bits per heavy atom. The second kappa shape index (κ2) is 14.2. The van der Waals surface area contributed by atoms with Gasteiger partial charge in [0.1, 0.15) is 0 Å². The SMILES string of the molecule is CCCC(=O)N(c1ccccc1)C1(COC)CCN(CCc2ccccc2)CC1.O=C(O)C(=O)O. The first kappa shape index (κ1) is 28.0. The van der Waals surface area contributed by atoms with Crippen LogP contribution in [0.5, 0.6) is 0 Å². The van der Waals surface area contributed by atoms with Crippen molar-refractivity contribution in [2.45, 2.75) is 44.6 Å². The van der Waals surface area contributed by atoms with Crippen LogP contribution >= 0.6 is 0 Å². The molecule has 35 heavy (non-hydrogen) atoms. The lowest BCUT2D eigenvalue weighted by Gasteiger charge is -2.48. The number of anilines is 1. The number of carbonyl (C=O) groups is 3. The van der Waals surface area contributed by atoms with Gasteiger partial charge in [0.05, 0.1) is 12.1 Å². The number of carbonyl (C=O) groups excluding carboxylic acids is 1. The van der Waals surface area contributed by atoms with E-state index in [-0.39, 0.29) is 11.4 Å². The number of benzene rings is 2. The summed E-state index contributed by atoms with van der Waals surface area (Å²) in [6.07, 6.45) is 4.35. The van der Waals surface area contributed by atoms with Crippen molar-refractivity contribution in [2.75, 3.05) is 38.3 Å². The van der Waals surface area contributed by atoms with Gasteiger partial charge in [0.15, 0.2) is 0 Å². The molecule has 0 bridgehead atoms. The van der Waals surface area contributed by atoms with Crippen molar-refractivity contribution < 1.29 is 29.3 Å². The van der Waals surface area contributed by atoms with E-state index in [1.807, 2.05) is 30.3 Å². The topological polar surface area (TPSA) is 107 Å². The Kier molecular flexibility index (Phi) is 11.4. The quantitative estimate of drug-likeness (QED) is 0.523. The number of aliphatic carboxylic acids is 2. The molecule has 0 saturated carbocycles. The summed E-state index contributed by atoms with van der Waals surface area (Å²) in [4.78, 5) is 35.9. The maximum absolute atomic E-state index is 13.2. The minimum atomic E-state index is -1.82. The number of piperidine rings is 1. The van der Waals surface area contributed by atoms with E-state index in [4.69, 9.17) is 24.5 Å². The van der Waals surface area contributed by atoms with Crippen LogP contribution in [0.15, 0.2) is 60.7 Å². The van der Waals surface area contributed by atoms with Gasteiger partial charge in [0, 0.05) is 38.9 Å². The lowest BCUT2D eigenvalue weighted by atomic mass is 9.85. The number of carboxylic acids is 2. The fourth-order valence-electron chi connectivity index (χ4n) is 4.41. The van der Waals surface area contributed by atoms with Crippen LogP contribution in [0, 0.1) is 0 Å². The fraction of sp³-hybridized carbons (Fsp3) is 0.444. The number of ether oxygens (including phenoxy) is 1. The van der Waals surface area contributed by atoms with Crippen LogP contribution < -0.4 is 4.90 Å². The van der Waals surface area contributed by atoms with Crippen LogP contribution in [0.4, 0.5) is 5.69 Å². The number of hydrogen-bond acceptors (Lipinski definition) is 5. The summed E-state index contributed by atoms with van der Waals surface area (Å²) in [7, 11) is 1.75. The summed E-state index contributed by atoms with van der Waals surface area (Å²) in [6.45, 7) is 5.67. The molecule has 1 amide bonds. The van der Waals surface area contributed by atoms with Gasteiger partial charge < -0.3 is 24.7 Å². The molecule has 3 rings (SSSR count). The van der Waals surface area contributed by atoms with E-state index in [0.717, 1.165) is 51.0 Å². The smallest absolute Gasteiger partial charge is 0.414 e. The third kappa shape index (κ3) is 8.49. The van der Waals surface area contributed by atoms with Crippen molar-refractivity contribution in [1.82, 2.24) is 4.90 Å². The summed E-state index contributed by atoms with van der Waals surface area (Å²) in [5, 5.41) is 14.8. The molecule has 0 atom stereocenters. The van der Waals surface area contributed by atoms with E-state index < -0.39 is 11.9 Å². The molecule has 8 heteroatoms. The molecule has 0 radical (unpaired) electrons. The Morgan fingerprint density at radius 3 is 1.97 bits per heavy atom. The minimum Gasteiger partial charge on any atom is -0.473 e. The average molecular weight is 485 g/mol. The average Bonchev–Trinajstić information content (AvgIpc) is 2.86. The molecular weight excluding hydrogens is 448 g/mol. The number of methoxy groups -OCH3 is 1. The number of hydrogen-bond donors (Lipinski definition) is 2. The largest absolute Gasteiger partial charge is 0.473 e. The molecule has 1 heterocycles. The first-order valence-electron chi connectivity index (χ1n) is 11.9. The first-order chi connectivity index (χ1) is 16.8. The van der Waals surface area contributed by atoms with Crippen LogP contribution in [0.25, 0.3) is 0 Å². The van der Waals surface area contributed by atoms with Crippen LogP contribution in [-0.4, -0.2) is 71.8 Å². The number of likely N-dealkylation sites (tertiary alicyclic amines) is 1. The molecule has 0 aliphatic carbocycles. The highest BCUT2D eigenvalue weighted by Crippen LogP contribution is 2.34. The molecule has 0 spiro atoms. The van der Waals surface area contributed by atoms with Crippen LogP contribution in [-0.2, 0) is 25.5 Å². The van der Waals surface area contributed by atoms with Gasteiger partial charge in [0.25, 0.3) is 0 Å². The van der Waals surface area contributed by atoms with Crippen molar-refractivity contribution in [1.29, 1.82) is 0 Å². The van der Waals surface area contributed by atoms with Crippen molar-refractivity contribution in [3.05, 3.63) is 66.2 Å². The van der Waals surface area contributed by atoms with Gasteiger partial charge in [-0.3, -0.25) is 4.79 Å². The third-order valence-electron chi connectivity index (χ3n) is 6.14. The molecule has 8 nitrogen and oxygen atoms in total. The maximum atomic E-state index is 13.2. The van der Waals surface area contributed by atoms with E-state index in [2.05, 4.69) is 47.1 Å². The monoisotopic (exact) mass is 484 g/mol. The lowest BCUT2D eigenvalue weighted by Crippen LogP contribution is -2.60. The second-order valence-electron chi connectivity index (χ2n) is 8.66. The molecule has 1 aliphatic heterocycles. The molecule has 0 aromatic heterocycles. The zero-order chi connectivity index (χ0) is 25.7. The highest BCUT2D eigenvalue weighted by Gasteiger charge is 2.42. The van der Waals surface area contributed by atoms with Crippen molar-refractivity contribution in [2.24, 2.45) is 0 Å². The Morgan fingerprint density at radius 2 is 1.49 bits per heavy atom. The Hall–Kier alpha value is -3.23. The third-order valence-corrected chi connectivity index (χ3v) is 6.14. The number of carboxylic acid groups (broad SMARTS) is 2. The highest BCUT2D eigenvalue weighted by atomic mass is 16.5. The minimum absolute atomic E-state index is 0.202. The van der Waals surface area contributed by atoms with Crippen molar-refractivity contribution in [3.63, 3.8) is 0 Å². The molecule has 1 fully saturated rings. The Bertz CT molecular complexity index is 915. The molecule has 0 unspecified atom stereocenters. The zero-order valence-corrected chi connectivity index (χ0v) is 20.6. The molecule has 1 aliphatic rings. The zero-order valence-electron chi connectivity index (χ0n) is 20.6. The number of nitrogens with zero attached hydrogens (tertiary/aromatic N) is 2. The number of amides is 1. The highest BCUT2D eigenvalue weighted by molar-refractivity contribution is 6.27. The van der Waals surface area contributed by atoms with Gasteiger partial charge >= 0.3 is 11.9 Å². The van der Waals surface area contributed by atoms with Crippen LogP contribution in [0.1, 0.15) is 38.2 Å². The van der Waals surface area contributed by atoms with E-state index in [9.17, 15) is 4.79 Å². The predicted molar refractivity (Wildman–Crippen MR) is 135 cm³/mol. The summed E-state index contributed by atoms with van der Waals surface area (Å²) in [5.41, 5.74) is 2.09. The number of rotatable bonds is 9. The molecule has 1 saturated heterocycles. The molecule has 2 aromatic rings. The van der Waals surface area contributed by atoms with Gasteiger partial charge in [-0.2, -0.15) is 0 Å². The summed E-state index contributed by atoms with van der Waals surface area (Å²) in [6, 6.07) is 20.8. The van der Waals surface area contributed by atoms with Crippen LogP contribution in [0.2, 0.25) is 0 Å². The van der Waals surface area contributed by atoms with E-state index in [1.165, 1.54) is 5.56 Å². The molecule has 2 N–H and O–H groups in total. The molecular formula is C27H36N2O6. The second-order valence-corrected chi connectivity index (χ2v) is 8.66.